The summed E-state index contributed by atoms with van der Waals surface area (Å²) in [6, 6.07) is 16.1. The number of aryl methyl sites for hydroxylation is 4. The Morgan fingerprint density at radius 1 is 0.404 bits per heavy atom. The number of nitrogens with zero attached hydrogens (tertiary/aromatic N) is 4. The minimum atomic E-state index is -1.10. The highest BCUT2D eigenvalue weighted by molar-refractivity contribution is 6.76. The molecule has 0 aliphatic heterocycles. The Bertz CT molecular complexity index is 1580. The summed E-state index contributed by atoms with van der Waals surface area (Å²) in [6.07, 6.45) is 32.2. The van der Waals surface area contributed by atoms with Crippen molar-refractivity contribution in [3.05, 3.63) is 84.0 Å². The van der Waals surface area contributed by atoms with Gasteiger partial charge in [-0.1, -0.05) is 154 Å². The lowest BCUT2D eigenvalue weighted by atomic mass is 10.00. The predicted octanol–water partition coefficient (Wildman–Crippen LogP) is 15.5. The van der Waals surface area contributed by atoms with Crippen LogP contribution in [0.5, 0.6) is 11.5 Å². The SMILES string of the molecule is CCCCCCCCc1ncc(-c2ccc(Oc3ccc(-c4cnc(CCCCCCCC)nc4)cc3CCCC[Si](C)(C)C)c(CCCC[Si](C)(C)C)c2)cn1. The van der Waals surface area contributed by atoms with E-state index in [0.29, 0.717) is 0 Å². The summed E-state index contributed by atoms with van der Waals surface area (Å²) in [4.78, 5) is 19.2. The molecule has 0 saturated carbocycles. The molecule has 2 heterocycles. The molecule has 312 valence electrons. The average molecular weight is 807 g/mol. The van der Waals surface area contributed by atoms with Gasteiger partial charge in [0.2, 0.25) is 0 Å². The minimum Gasteiger partial charge on any atom is -0.457 e. The van der Waals surface area contributed by atoms with Crippen LogP contribution in [0, 0.1) is 0 Å². The second kappa shape index (κ2) is 24.7. The van der Waals surface area contributed by atoms with Gasteiger partial charge in [-0.15, -0.1) is 0 Å². The molecule has 4 aromatic rings. The number of aromatic nitrogens is 4. The highest BCUT2D eigenvalue weighted by Crippen LogP contribution is 2.36. The molecule has 0 amide bonds. The number of hydrogen-bond acceptors (Lipinski definition) is 5. The van der Waals surface area contributed by atoms with Gasteiger partial charge in [-0.2, -0.15) is 0 Å². The van der Waals surface area contributed by atoms with Crippen LogP contribution in [-0.2, 0) is 25.7 Å². The van der Waals surface area contributed by atoms with E-state index >= 15 is 0 Å². The van der Waals surface area contributed by atoms with Crippen molar-refractivity contribution in [3.63, 3.8) is 0 Å². The van der Waals surface area contributed by atoms with Gasteiger partial charge >= 0.3 is 0 Å². The van der Waals surface area contributed by atoms with E-state index in [9.17, 15) is 0 Å². The summed E-state index contributed by atoms with van der Waals surface area (Å²) in [6.45, 7) is 19.4. The summed E-state index contributed by atoms with van der Waals surface area (Å²) in [5, 5.41) is 0. The molecule has 7 heteroatoms. The first-order valence-corrected chi connectivity index (χ1v) is 30.4. The molecular weight excluding hydrogens is 729 g/mol. The van der Waals surface area contributed by atoms with E-state index in [-0.39, 0.29) is 0 Å². The molecule has 2 aromatic carbocycles. The predicted molar refractivity (Wildman–Crippen MR) is 251 cm³/mol. The van der Waals surface area contributed by atoms with E-state index in [1.54, 1.807) is 0 Å². The standard InChI is InChI=1S/C50H78N4OSi2/c1-9-11-13-15-17-19-27-49-51-37-45(38-52-49)41-29-31-47(43(35-41)25-21-23-33-56(3,4)5)55-48-32-30-42(36-44(48)26-22-24-34-57(6,7)8)46-39-53-50(54-40-46)28-20-18-16-14-12-10-2/h29-32,35-40H,9-28,33-34H2,1-8H3. The highest BCUT2D eigenvalue weighted by atomic mass is 28.3. The zero-order chi connectivity index (χ0) is 40.9. The lowest BCUT2D eigenvalue weighted by Gasteiger charge is -2.19. The van der Waals surface area contributed by atoms with Crippen molar-refractivity contribution in [2.75, 3.05) is 0 Å². The van der Waals surface area contributed by atoms with Gasteiger partial charge in [0, 0.05) is 64.9 Å². The van der Waals surface area contributed by atoms with E-state index in [1.807, 2.05) is 24.8 Å². The normalized spacial score (nSPS) is 12.0. The maximum atomic E-state index is 6.97. The summed E-state index contributed by atoms with van der Waals surface area (Å²) >= 11 is 0. The Morgan fingerprint density at radius 2 is 0.754 bits per heavy atom. The zero-order valence-corrected chi connectivity index (χ0v) is 39.5. The van der Waals surface area contributed by atoms with Crippen LogP contribution < -0.4 is 4.74 Å². The third-order valence-corrected chi connectivity index (χ3v) is 14.9. The first kappa shape index (κ1) is 46.5. The van der Waals surface area contributed by atoms with Crippen LogP contribution in [0.2, 0.25) is 51.4 Å². The van der Waals surface area contributed by atoms with Crippen molar-refractivity contribution >= 4 is 16.1 Å². The number of rotatable bonds is 28. The molecule has 0 aliphatic carbocycles. The smallest absolute Gasteiger partial charge is 0.130 e. The molecule has 0 saturated heterocycles. The lowest BCUT2D eigenvalue weighted by Crippen LogP contribution is -2.18. The van der Waals surface area contributed by atoms with Gasteiger partial charge in [0.15, 0.2) is 0 Å². The molecule has 0 N–H and O–H groups in total. The van der Waals surface area contributed by atoms with Gasteiger partial charge in [0.25, 0.3) is 0 Å². The maximum absolute atomic E-state index is 6.97. The summed E-state index contributed by atoms with van der Waals surface area (Å²) in [7, 11) is -2.19. The average Bonchev–Trinajstić information content (AvgIpc) is 3.18. The first-order chi connectivity index (χ1) is 27.4. The lowest BCUT2D eigenvalue weighted by molar-refractivity contribution is 0.468. The summed E-state index contributed by atoms with van der Waals surface area (Å²) in [5.74, 6) is 3.84. The second-order valence-corrected chi connectivity index (χ2v) is 30.3. The third-order valence-electron chi connectivity index (χ3n) is 11.2. The van der Waals surface area contributed by atoms with Gasteiger partial charge in [-0.3, -0.25) is 0 Å². The maximum Gasteiger partial charge on any atom is 0.130 e. The van der Waals surface area contributed by atoms with Crippen molar-refractivity contribution in [3.8, 4) is 33.8 Å². The van der Waals surface area contributed by atoms with Crippen molar-refractivity contribution in [2.45, 2.75) is 194 Å². The molecule has 0 unspecified atom stereocenters. The van der Waals surface area contributed by atoms with Crippen LogP contribution in [0.25, 0.3) is 22.3 Å². The van der Waals surface area contributed by atoms with Crippen LogP contribution in [0.15, 0.2) is 61.2 Å². The quantitative estimate of drug-likeness (QED) is 0.0423. The van der Waals surface area contributed by atoms with E-state index in [4.69, 9.17) is 24.7 Å². The third kappa shape index (κ3) is 18.1. The van der Waals surface area contributed by atoms with Crippen molar-refractivity contribution in [1.29, 1.82) is 0 Å². The second-order valence-electron chi connectivity index (χ2n) is 19.1. The Morgan fingerprint density at radius 3 is 1.12 bits per heavy atom. The van der Waals surface area contributed by atoms with Crippen LogP contribution in [-0.4, -0.2) is 36.1 Å². The van der Waals surface area contributed by atoms with Crippen molar-refractivity contribution < 1.29 is 4.74 Å². The Kier molecular flexibility index (Phi) is 20.1. The minimum absolute atomic E-state index is 0.956. The molecule has 4 rings (SSSR count). The van der Waals surface area contributed by atoms with E-state index in [1.165, 1.54) is 100 Å². The monoisotopic (exact) mass is 807 g/mol. The van der Waals surface area contributed by atoms with Gasteiger partial charge in [-0.05, 0) is 85.0 Å². The molecule has 0 aliphatic rings. The van der Waals surface area contributed by atoms with E-state index in [0.717, 1.165) is 96.8 Å². The topological polar surface area (TPSA) is 60.8 Å². The Balaban J connectivity index is 1.54. The van der Waals surface area contributed by atoms with Gasteiger partial charge in [-0.25, -0.2) is 19.9 Å². The number of ether oxygens (including phenoxy) is 1. The summed E-state index contributed by atoms with van der Waals surface area (Å²) in [5.41, 5.74) is 7.00. The van der Waals surface area contributed by atoms with Gasteiger partial charge in [0.05, 0.1) is 0 Å². The summed E-state index contributed by atoms with van der Waals surface area (Å²) < 4.78 is 6.97. The molecule has 0 radical (unpaired) electrons. The molecule has 0 bridgehead atoms. The first-order valence-electron chi connectivity index (χ1n) is 23.0. The van der Waals surface area contributed by atoms with Gasteiger partial charge < -0.3 is 4.74 Å². The van der Waals surface area contributed by atoms with Crippen LogP contribution in [0.4, 0.5) is 0 Å². The van der Waals surface area contributed by atoms with Crippen LogP contribution in [0.1, 0.15) is 139 Å². The molecule has 0 spiro atoms. The molecule has 5 nitrogen and oxygen atoms in total. The highest BCUT2D eigenvalue weighted by Gasteiger charge is 2.17. The van der Waals surface area contributed by atoms with Crippen molar-refractivity contribution in [2.24, 2.45) is 0 Å². The van der Waals surface area contributed by atoms with E-state index < -0.39 is 16.1 Å². The molecule has 0 atom stereocenters. The van der Waals surface area contributed by atoms with E-state index in [2.05, 4.69) is 89.5 Å². The fourth-order valence-corrected chi connectivity index (χ4v) is 10.2. The number of benzene rings is 2. The van der Waals surface area contributed by atoms with Gasteiger partial charge in [0.1, 0.15) is 23.1 Å². The number of unbranched alkanes of at least 4 members (excludes halogenated alkanes) is 12. The molecule has 57 heavy (non-hydrogen) atoms. The number of hydrogen-bond donors (Lipinski definition) is 0. The Hall–Kier alpha value is -3.17. The Labute approximate surface area is 350 Å². The zero-order valence-electron chi connectivity index (χ0n) is 37.5. The van der Waals surface area contributed by atoms with Crippen LogP contribution in [0.3, 0.4) is 0 Å². The fraction of sp³-hybridized carbons (Fsp3) is 0.600. The van der Waals surface area contributed by atoms with Crippen molar-refractivity contribution in [1.82, 2.24) is 19.9 Å². The van der Waals surface area contributed by atoms with Crippen LogP contribution >= 0.6 is 0 Å². The fourth-order valence-electron chi connectivity index (χ4n) is 7.56. The molecular formula is C50H78N4OSi2. The molecule has 0 fully saturated rings. The molecule has 2 aromatic heterocycles. The largest absolute Gasteiger partial charge is 0.457 e.